The molecule has 4 amide bonds. The first-order chi connectivity index (χ1) is 17.0. The van der Waals surface area contributed by atoms with E-state index in [0.717, 1.165) is 11.0 Å². The minimum Gasteiger partial charge on any atom is -0.478 e. The largest absolute Gasteiger partial charge is 0.478 e. The zero-order valence-electron chi connectivity index (χ0n) is 18.9. The van der Waals surface area contributed by atoms with Crippen molar-refractivity contribution in [1.82, 2.24) is 9.88 Å². The Labute approximate surface area is 209 Å². The van der Waals surface area contributed by atoms with Crippen molar-refractivity contribution in [3.63, 3.8) is 0 Å². The molecule has 36 heavy (non-hydrogen) atoms. The fourth-order valence-electron chi connectivity index (χ4n) is 3.96. The van der Waals surface area contributed by atoms with Crippen molar-refractivity contribution in [3.05, 3.63) is 87.2 Å². The third kappa shape index (κ3) is 4.37. The van der Waals surface area contributed by atoms with E-state index >= 15 is 0 Å². The smallest absolute Gasteiger partial charge is 0.335 e. The highest BCUT2D eigenvalue weighted by Crippen LogP contribution is 2.27. The highest BCUT2D eigenvalue weighted by molar-refractivity contribution is 6.39. The molecule has 0 saturated carbocycles. The van der Waals surface area contributed by atoms with Gasteiger partial charge in [0.15, 0.2) is 0 Å². The van der Waals surface area contributed by atoms with E-state index in [0.29, 0.717) is 22.0 Å². The number of carbonyl (C=O) groups is 5. The van der Waals surface area contributed by atoms with Crippen LogP contribution >= 0.6 is 11.6 Å². The molecule has 0 bridgehead atoms. The molecule has 0 aliphatic carbocycles. The number of carboxylic acids is 2. The van der Waals surface area contributed by atoms with Gasteiger partial charge >= 0.3 is 18.0 Å². The van der Waals surface area contributed by atoms with Crippen molar-refractivity contribution in [2.75, 3.05) is 4.90 Å². The summed E-state index contributed by atoms with van der Waals surface area (Å²) in [5.74, 6) is -4.29. The van der Waals surface area contributed by atoms with Crippen molar-refractivity contribution >= 4 is 53.1 Å². The SMILES string of the molecule is Cc1cc(/C=C2\C(=O)NC(=O)N(c3ccc(Cl)cc3)C2=O)c(C)n1-c1cc(C(=O)O)cc(C(=O)O)c1. The second-order valence-electron chi connectivity index (χ2n) is 7.98. The van der Waals surface area contributed by atoms with Gasteiger partial charge < -0.3 is 14.8 Å². The average molecular weight is 508 g/mol. The van der Waals surface area contributed by atoms with Gasteiger partial charge in [-0.15, -0.1) is 0 Å². The number of rotatable bonds is 5. The maximum atomic E-state index is 13.2. The number of anilines is 1. The van der Waals surface area contributed by atoms with Crippen LogP contribution in [0, 0.1) is 13.8 Å². The quantitative estimate of drug-likeness (QED) is 0.351. The van der Waals surface area contributed by atoms with Crippen molar-refractivity contribution in [3.8, 4) is 5.69 Å². The Kier molecular flexibility index (Phi) is 6.21. The van der Waals surface area contributed by atoms with Crippen LogP contribution in [-0.2, 0) is 9.59 Å². The lowest BCUT2D eigenvalue weighted by atomic mass is 10.1. The summed E-state index contributed by atoms with van der Waals surface area (Å²) in [6.07, 6.45) is 1.32. The number of aromatic nitrogens is 1. The fourth-order valence-corrected chi connectivity index (χ4v) is 4.08. The topological polar surface area (TPSA) is 146 Å². The first-order valence-electron chi connectivity index (χ1n) is 10.5. The van der Waals surface area contributed by atoms with Gasteiger partial charge in [-0.1, -0.05) is 11.6 Å². The molecule has 11 heteroatoms. The van der Waals surface area contributed by atoms with E-state index in [-0.39, 0.29) is 28.1 Å². The lowest BCUT2D eigenvalue weighted by Gasteiger charge is -2.26. The molecule has 4 rings (SSSR count). The molecular formula is C25H18ClN3O7. The van der Waals surface area contributed by atoms with Gasteiger partial charge in [-0.25, -0.2) is 19.3 Å². The van der Waals surface area contributed by atoms with Crippen LogP contribution in [0.1, 0.15) is 37.7 Å². The number of benzene rings is 2. The summed E-state index contributed by atoms with van der Waals surface area (Å²) >= 11 is 5.88. The number of carbonyl (C=O) groups excluding carboxylic acids is 3. The van der Waals surface area contributed by atoms with Gasteiger partial charge in [-0.3, -0.25) is 14.9 Å². The first kappa shape index (κ1) is 24.4. The van der Waals surface area contributed by atoms with E-state index < -0.39 is 29.8 Å². The van der Waals surface area contributed by atoms with Crippen molar-refractivity contribution in [2.24, 2.45) is 0 Å². The van der Waals surface area contributed by atoms with Crippen LogP contribution in [0.3, 0.4) is 0 Å². The first-order valence-corrected chi connectivity index (χ1v) is 10.8. The zero-order chi connectivity index (χ0) is 26.3. The molecule has 1 saturated heterocycles. The van der Waals surface area contributed by atoms with Crippen LogP contribution in [-0.4, -0.2) is 44.6 Å². The zero-order valence-corrected chi connectivity index (χ0v) is 19.7. The molecule has 3 N–H and O–H groups in total. The predicted octanol–water partition coefficient (Wildman–Crippen LogP) is 3.81. The number of aromatic carboxylic acids is 2. The summed E-state index contributed by atoms with van der Waals surface area (Å²) in [7, 11) is 0. The summed E-state index contributed by atoms with van der Waals surface area (Å²) in [6, 6.07) is 10.4. The summed E-state index contributed by atoms with van der Waals surface area (Å²) in [4.78, 5) is 62.0. The molecule has 1 fully saturated rings. The van der Waals surface area contributed by atoms with E-state index in [1.807, 2.05) is 0 Å². The van der Waals surface area contributed by atoms with Crippen LogP contribution in [0.4, 0.5) is 10.5 Å². The Morgan fingerprint density at radius 1 is 0.889 bits per heavy atom. The molecule has 2 heterocycles. The monoisotopic (exact) mass is 507 g/mol. The van der Waals surface area contributed by atoms with Gasteiger partial charge in [0, 0.05) is 22.1 Å². The summed E-state index contributed by atoms with van der Waals surface area (Å²) in [5.41, 5.74) is 1.32. The maximum absolute atomic E-state index is 13.2. The molecule has 1 aliphatic rings. The third-order valence-electron chi connectivity index (χ3n) is 5.63. The Bertz CT molecular complexity index is 1470. The number of hydrogen-bond donors (Lipinski definition) is 3. The molecule has 0 radical (unpaired) electrons. The highest BCUT2D eigenvalue weighted by Gasteiger charge is 2.37. The normalized spacial score (nSPS) is 14.8. The lowest BCUT2D eigenvalue weighted by Crippen LogP contribution is -2.54. The van der Waals surface area contributed by atoms with Gasteiger partial charge in [0.05, 0.1) is 16.8 Å². The highest BCUT2D eigenvalue weighted by atomic mass is 35.5. The molecule has 3 aromatic rings. The number of carboxylic acid groups (broad SMARTS) is 2. The maximum Gasteiger partial charge on any atom is 0.335 e. The minimum atomic E-state index is -1.29. The van der Waals surface area contributed by atoms with Crippen LogP contribution in [0.25, 0.3) is 11.8 Å². The van der Waals surface area contributed by atoms with Crippen molar-refractivity contribution in [1.29, 1.82) is 0 Å². The molecule has 182 valence electrons. The number of urea groups is 1. The van der Waals surface area contributed by atoms with Crippen LogP contribution in [0.15, 0.2) is 54.1 Å². The van der Waals surface area contributed by atoms with E-state index in [4.69, 9.17) is 11.6 Å². The molecule has 2 aromatic carbocycles. The number of halogens is 1. The van der Waals surface area contributed by atoms with E-state index in [1.54, 1.807) is 24.5 Å². The van der Waals surface area contributed by atoms with Gasteiger partial charge in [-0.05, 0) is 74.0 Å². The van der Waals surface area contributed by atoms with Crippen LogP contribution in [0.2, 0.25) is 5.02 Å². The summed E-state index contributed by atoms with van der Waals surface area (Å²) in [5, 5.41) is 21.4. The molecule has 10 nitrogen and oxygen atoms in total. The van der Waals surface area contributed by atoms with E-state index in [2.05, 4.69) is 5.32 Å². The molecule has 1 aromatic heterocycles. The molecule has 0 atom stereocenters. The Morgan fingerprint density at radius 3 is 2.03 bits per heavy atom. The average Bonchev–Trinajstić information content (AvgIpc) is 3.10. The van der Waals surface area contributed by atoms with Gasteiger partial charge in [-0.2, -0.15) is 0 Å². The number of amides is 4. The van der Waals surface area contributed by atoms with Gasteiger partial charge in [0.1, 0.15) is 5.57 Å². The minimum absolute atomic E-state index is 0.212. The number of nitrogens with one attached hydrogen (secondary N) is 1. The molecular weight excluding hydrogens is 490 g/mol. The number of imide groups is 2. The third-order valence-corrected chi connectivity index (χ3v) is 5.88. The van der Waals surface area contributed by atoms with Crippen LogP contribution in [0.5, 0.6) is 0 Å². The Morgan fingerprint density at radius 2 is 1.47 bits per heavy atom. The van der Waals surface area contributed by atoms with E-state index in [9.17, 15) is 34.2 Å². The Balaban J connectivity index is 1.80. The number of nitrogens with zero attached hydrogens (tertiary/aromatic N) is 2. The van der Waals surface area contributed by atoms with Crippen molar-refractivity contribution < 1.29 is 34.2 Å². The number of barbiturate groups is 1. The van der Waals surface area contributed by atoms with Gasteiger partial charge in [0.25, 0.3) is 11.8 Å². The second kappa shape index (κ2) is 9.16. The predicted molar refractivity (Wildman–Crippen MR) is 130 cm³/mol. The standard InChI is InChI=1S/C25H18ClN3O7/c1-12-7-14(13(2)28(12)19-9-15(23(32)33)8-16(10-19)24(34)35)11-20-21(30)27-25(36)29(22(20)31)18-5-3-17(26)4-6-18/h3-11H,1-2H3,(H,32,33)(H,34,35)(H,27,30,36)/b20-11+. The van der Waals surface area contributed by atoms with Gasteiger partial charge in [0.2, 0.25) is 0 Å². The number of hydrogen-bond acceptors (Lipinski definition) is 5. The summed E-state index contributed by atoms with van der Waals surface area (Å²) < 4.78 is 1.61. The fraction of sp³-hybridized carbons (Fsp3) is 0.0800. The Hall–Kier alpha value is -4.70. The van der Waals surface area contributed by atoms with Crippen LogP contribution < -0.4 is 10.2 Å². The molecule has 0 spiro atoms. The lowest BCUT2D eigenvalue weighted by molar-refractivity contribution is -0.122. The van der Waals surface area contributed by atoms with E-state index in [1.165, 1.54) is 42.5 Å². The molecule has 0 unspecified atom stereocenters. The summed E-state index contributed by atoms with van der Waals surface area (Å²) in [6.45, 7) is 3.37. The number of aryl methyl sites for hydroxylation is 1. The second-order valence-corrected chi connectivity index (χ2v) is 8.41. The molecule has 1 aliphatic heterocycles. The van der Waals surface area contributed by atoms with Crippen molar-refractivity contribution in [2.45, 2.75) is 13.8 Å².